The third-order valence-corrected chi connectivity index (χ3v) is 8.77. The van der Waals surface area contributed by atoms with Gasteiger partial charge in [0.05, 0.1) is 5.69 Å². The predicted molar refractivity (Wildman–Crippen MR) is 126 cm³/mol. The lowest BCUT2D eigenvalue weighted by molar-refractivity contribution is 0.0838. The Bertz CT molecular complexity index is 1150. The van der Waals surface area contributed by atoms with Gasteiger partial charge in [0, 0.05) is 44.2 Å². The van der Waals surface area contributed by atoms with Gasteiger partial charge in [0.15, 0.2) is 5.78 Å². The smallest absolute Gasteiger partial charge is 0.245 e. The van der Waals surface area contributed by atoms with Crippen LogP contribution >= 0.6 is 0 Å². The molecule has 2 aliphatic rings. The monoisotopic (exact) mass is 490 g/mol. The lowest BCUT2D eigenvalue weighted by Crippen LogP contribution is -2.37. The molecule has 8 nitrogen and oxygen atoms in total. The van der Waals surface area contributed by atoms with Crippen LogP contribution in [0.3, 0.4) is 0 Å². The summed E-state index contributed by atoms with van der Waals surface area (Å²) < 4.78 is 41.8. The fourth-order valence-corrected chi connectivity index (χ4v) is 6.19. The first-order chi connectivity index (χ1) is 16.3. The number of halogens is 1. The number of oxime groups is 1. The van der Waals surface area contributed by atoms with E-state index in [2.05, 4.69) is 10.1 Å². The molecule has 2 aliphatic heterocycles. The molecule has 4 rings (SSSR count). The number of hydrogen-bond donors (Lipinski definition) is 1. The summed E-state index contributed by atoms with van der Waals surface area (Å²) in [6.07, 6.45) is 5.48. The van der Waals surface area contributed by atoms with Gasteiger partial charge in [-0.05, 0) is 75.6 Å². The number of piperidine rings is 1. The normalized spacial score (nSPS) is 20.8. The van der Waals surface area contributed by atoms with E-state index in [0.717, 1.165) is 45.3 Å². The zero-order valence-corrected chi connectivity index (χ0v) is 20.2. The molecule has 2 aromatic rings. The Morgan fingerprint density at radius 3 is 2.44 bits per heavy atom. The molecular weight excluding hydrogens is 459 g/mol. The van der Waals surface area contributed by atoms with E-state index in [1.807, 2.05) is 4.57 Å². The van der Waals surface area contributed by atoms with Gasteiger partial charge >= 0.3 is 0 Å². The van der Waals surface area contributed by atoms with E-state index < -0.39 is 10.0 Å². The zero-order valence-electron chi connectivity index (χ0n) is 19.4. The number of aromatic nitrogens is 1. The number of sulfonamides is 1. The van der Waals surface area contributed by atoms with Crippen molar-refractivity contribution in [3.8, 4) is 0 Å². The molecule has 1 aromatic carbocycles. The molecule has 0 radical (unpaired) electrons. The van der Waals surface area contributed by atoms with Gasteiger partial charge in [0.2, 0.25) is 10.0 Å². The van der Waals surface area contributed by atoms with Crippen molar-refractivity contribution >= 4 is 21.5 Å². The van der Waals surface area contributed by atoms with Crippen LogP contribution in [-0.4, -0.2) is 72.1 Å². The summed E-state index contributed by atoms with van der Waals surface area (Å²) >= 11 is 0. The van der Waals surface area contributed by atoms with Crippen LogP contribution in [0.2, 0.25) is 0 Å². The Balaban J connectivity index is 1.28. The topological polar surface area (TPSA) is 95.2 Å². The van der Waals surface area contributed by atoms with Crippen molar-refractivity contribution < 1.29 is 22.8 Å². The lowest BCUT2D eigenvalue weighted by atomic mass is 9.89. The number of unbranched alkanes of at least 4 members (excludes halogenated alkanes) is 1. The largest absolute Gasteiger partial charge is 0.411 e. The number of aryl methyl sites for hydroxylation is 1. The Morgan fingerprint density at radius 2 is 1.76 bits per heavy atom. The Hall–Kier alpha value is -2.56. The van der Waals surface area contributed by atoms with Crippen LogP contribution in [0.4, 0.5) is 4.39 Å². The van der Waals surface area contributed by atoms with E-state index in [9.17, 15) is 22.8 Å². The van der Waals surface area contributed by atoms with Crippen molar-refractivity contribution in [2.75, 3.05) is 33.2 Å². The van der Waals surface area contributed by atoms with Crippen LogP contribution < -0.4 is 0 Å². The van der Waals surface area contributed by atoms with Gasteiger partial charge in [-0.2, -0.15) is 0 Å². The molecule has 0 spiro atoms. The van der Waals surface area contributed by atoms with Crippen LogP contribution in [0.25, 0.3) is 0 Å². The fourth-order valence-electron chi connectivity index (χ4n) is 4.81. The molecule has 184 valence electrons. The molecule has 0 atom stereocenters. The first-order valence-corrected chi connectivity index (χ1v) is 13.1. The Morgan fingerprint density at radius 1 is 1.09 bits per heavy atom. The number of Topliss-reactive ketones (excluding diaryl/α,β-unsaturated/α-hetero) is 1. The van der Waals surface area contributed by atoms with Gasteiger partial charge in [-0.25, -0.2) is 17.1 Å². The van der Waals surface area contributed by atoms with E-state index >= 15 is 0 Å². The summed E-state index contributed by atoms with van der Waals surface area (Å²) in [5.41, 5.74) is 1.44. The summed E-state index contributed by atoms with van der Waals surface area (Å²) in [5, 5.41) is 12.8. The second-order valence-electron chi connectivity index (χ2n) is 9.04. The van der Waals surface area contributed by atoms with Crippen LogP contribution in [0.5, 0.6) is 0 Å². The molecule has 0 bridgehead atoms. The zero-order chi connectivity index (χ0) is 24.3. The molecule has 1 N–H and O–H groups in total. The van der Waals surface area contributed by atoms with Crippen molar-refractivity contribution in [3.05, 3.63) is 53.6 Å². The van der Waals surface area contributed by atoms with Crippen LogP contribution in [0.15, 0.2) is 46.6 Å². The molecule has 34 heavy (non-hydrogen) atoms. The van der Waals surface area contributed by atoms with Crippen LogP contribution in [-0.2, 0) is 16.6 Å². The van der Waals surface area contributed by atoms with E-state index in [0.29, 0.717) is 29.9 Å². The average Bonchev–Trinajstić information content (AvgIpc) is 3.23. The number of hydrogen-bond acceptors (Lipinski definition) is 6. The molecule has 10 heteroatoms. The van der Waals surface area contributed by atoms with E-state index in [1.54, 1.807) is 24.4 Å². The number of likely N-dealkylation sites (tertiary alicyclic amines) is 1. The van der Waals surface area contributed by atoms with Crippen LogP contribution in [0.1, 0.15) is 48.2 Å². The van der Waals surface area contributed by atoms with Gasteiger partial charge in [0.1, 0.15) is 16.4 Å². The maximum atomic E-state index is 13.1. The van der Waals surface area contributed by atoms with Gasteiger partial charge < -0.3 is 14.7 Å². The SMILES string of the molecule is CN1CCC(=NO)c2c(ccn2CCCCN2CCC(C(=O)c3ccc(F)cc3)CC2)S1(=O)=O. The summed E-state index contributed by atoms with van der Waals surface area (Å²) in [7, 11) is -2.06. The third-order valence-electron chi connectivity index (χ3n) is 6.88. The second kappa shape index (κ2) is 10.4. The first kappa shape index (κ1) is 24.6. The van der Waals surface area contributed by atoms with Crippen molar-refractivity contribution in [2.24, 2.45) is 11.1 Å². The van der Waals surface area contributed by atoms with E-state index in [-0.39, 0.29) is 29.0 Å². The average molecular weight is 491 g/mol. The van der Waals surface area contributed by atoms with E-state index in [1.165, 1.54) is 23.5 Å². The van der Waals surface area contributed by atoms with Crippen molar-refractivity contribution in [3.63, 3.8) is 0 Å². The summed E-state index contributed by atoms with van der Waals surface area (Å²) in [6.45, 7) is 3.51. The van der Waals surface area contributed by atoms with Gasteiger partial charge in [-0.15, -0.1) is 0 Å². The summed E-state index contributed by atoms with van der Waals surface area (Å²) in [6, 6.07) is 7.36. The van der Waals surface area contributed by atoms with E-state index in [4.69, 9.17) is 0 Å². The lowest BCUT2D eigenvalue weighted by Gasteiger charge is -2.31. The molecule has 1 saturated heterocycles. The quantitative estimate of drug-likeness (QED) is 0.278. The highest BCUT2D eigenvalue weighted by Gasteiger charge is 2.32. The minimum atomic E-state index is -3.60. The molecule has 0 aliphatic carbocycles. The van der Waals surface area contributed by atoms with Crippen molar-refractivity contribution in [1.82, 2.24) is 13.8 Å². The minimum absolute atomic E-state index is 0.0201. The Labute approximate surface area is 199 Å². The Kier molecular flexibility index (Phi) is 7.49. The maximum Gasteiger partial charge on any atom is 0.245 e. The molecule has 0 amide bonds. The number of fused-ring (bicyclic) bond motifs is 1. The number of ketones is 1. The molecule has 3 heterocycles. The standard InChI is InChI=1S/C24H31FN4O4S/c1-27-14-10-21(26-31)23-22(34(27,32)33)11-17-29(23)13-3-2-12-28-15-8-19(9-16-28)24(30)18-4-6-20(25)7-5-18/h4-7,11,17,19,31H,2-3,8-10,12-16H2,1H3. The van der Waals surface area contributed by atoms with Gasteiger partial charge in [0.25, 0.3) is 0 Å². The first-order valence-electron chi connectivity index (χ1n) is 11.7. The fraction of sp³-hybridized carbons (Fsp3) is 0.500. The number of carbonyl (C=O) groups excluding carboxylic acids is 1. The van der Waals surface area contributed by atoms with Gasteiger partial charge in [-0.3, -0.25) is 4.79 Å². The summed E-state index contributed by atoms with van der Waals surface area (Å²) in [4.78, 5) is 15.2. The van der Waals surface area contributed by atoms with Crippen molar-refractivity contribution in [1.29, 1.82) is 0 Å². The highest BCUT2D eigenvalue weighted by molar-refractivity contribution is 7.89. The molecule has 0 saturated carbocycles. The molecule has 0 unspecified atom stereocenters. The van der Waals surface area contributed by atoms with Gasteiger partial charge in [-0.1, -0.05) is 5.16 Å². The molecular formula is C24H31FN4O4S. The number of benzene rings is 1. The maximum absolute atomic E-state index is 13.1. The molecule has 1 aromatic heterocycles. The van der Waals surface area contributed by atoms with Crippen molar-refractivity contribution in [2.45, 2.75) is 43.5 Å². The third kappa shape index (κ3) is 5.08. The molecule has 1 fully saturated rings. The highest BCUT2D eigenvalue weighted by Crippen LogP contribution is 2.27. The number of rotatable bonds is 7. The second-order valence-corrected chi connectivity index (χ2v) is 11.1. The number of nitrogens with zero attached hydrogens (tertiary/aromatic N) is 4. The predicted octanol–water partition coefficient (Wildman–Crippen LogP) is 3.20. The minimum Gasteiger partial charge on any atom is -0.411 e. The number of carbonyl (C=O) groups is 1. The highest BCUT2D eigenvalue weighted by atomic mass is 32.2. The summed E-state index contributed by atoms with van der Waals surface area (Å²) in [5.74, 6) is -0.264. The van der Waals surface area contributed by atoms with Crippen LogP contribution in [0, 0.1) is 11.7 Å².